The maximum Gasteiger partial charge on any atom is 0.240 e. The number of nitrogens with zero attached hydrogens (tertiary/aromatic N) is 2. The lowest BCUT2D eigenvalue weighted by Crippen LogP contribution is -2.23. The summed E-state index contributed by atoms with van der Waals surface area (Å²) in [4.78, 5) is 11.3. The third-order valence-electron chi connectivity index (χ3n) is 3.36. The molecule has 0 aliphatic heterocycles. The first-order chi connectivity index (χ1) is 9.81. The number of hydrogen-bond donors (Lipinski definition) is 1. The summed E-state index contributed by atoms with van der Waals surface area (Å²) in [6.07, 6.45) is 1.64. The number of carbonyl (C=O) groups excluding carboxylic acids is 1. The maximum atomic E-state index is 12.2. The van der Waals surface area contributed by atoms with E-state index in [0.29, 0.717) is 5.56 Å². The van der Waals surface area contributed by atoms with E-state index < -0.39 is 10.0 Å². The molecule has 6 nitrogen and oxygen atoms in total. The van der Waals surface area contributed by atoms with Crippen LogP contribution in [0.3, 0.4) is 0 Å². The van der Waals surface area contributed by atoms with Crippen LogP contribution in [0.25, 0.3) is 0 Å². The molecule has 0 unspecified atom stereocenters. The van der Waals surface area contributed by atoms with Gasteiger partial charge in [0.05, 0.1) is 11.1 Å². The van der Waals surface area contributed by atoms with Crippen molar-refractivity contribution in [1.82, 2.24) is 14.5 Å². The zero-order chi connectivity index (χ0) is 15.6. The molecule has 1 aromatic carbocycles. The summed E-state index contributed by atoms with van der Waals surface area (Å²) in [6.45, 7) is 3.49. The van der Waals surface area contributed by atoms with Gasteiger partial charge in [-0.05, 0) is 26.0 Å². The molecule has 0 aliphatic rings. The smallest absolute Gasteiger partial charge is 0.240 e. The van der Waals surface area contributed by atoms with Crippen LogP contribution in [-0.4, -0.2) is 24.0 Å². The number of hydrogen-bond acceptors (Lipinski definition) is 4. The van der Waals surface area contributed by atoms with Crippen molar-refractivity contribution in [3.05, 3.63) is 47.3 Å². The van der Waals surface area contributed by atoms with Gasteiger partial charge in [0.1, 0.15) is 0 Å². The molecule has 2 rings (SSSR count). The number of benzene rings is 1. The highest BCUT2D eigenvalue weighted by molar-refractivity contribution is 7.89. The van der Waals surface area contributed by atoms with E-state index >= 15 is 0 Å². The number of aromatic nitrogens is 2. The Morgan fingerprint density at radius 3 is 2.38 bits per heavy atom. The molecule has 2 aromatic rings. The van der Waals surface area contributed by atoms with Crippen LogP contribution in [0.2, 0.25) is 0 Å². The predicted octanol–water partition coefficient (Wildman–Crippen LogP) is 1.41. The highest BCUT2D eigenvalue weighted by Crippen LogP contribution is 2.12. The minimum Gasteiger partial charge on any atom is -0.295 e. The Morgan fingerprint density at radius 2 is 1.90 bits per heavy atom. The van der Waals surface area contributed by atoms with Gasteiger partial charge in [-0.1, -0.05) is 12.1 Å². The highest BCUT2D eigenvalue weighted by Gasteiger charge is 2.15. The van der Waals surface area contributed by atoms with E-state index in [1.807, 2.05) is 6.92 Å². The van der Waals surface area contributed by atoms with Gasteiger partial charge in [0, 0.05) is 30.4 Å². The van der Waals surface area contributed by atoms with Gasteiger partial charge < -0.3 is 0 Å². The standard InChI is InChI=1S/C14H17N3O3S/c1-10-13(8-15-17(10)3)9-16-21(19,20)14-6-4-12(5-7-14)11(2)18/h4-8,16H,9H2,1-3H3. The molecular weight excluding hydrogens is 290 g/mol. The largest absolute Gasteiger partial charge is 0.295 e. The van der Waals surface area contributed by atoms with E-state index in [2.05, 4.69) is 9.82 Å². The van der Waals surface area contributed by atoms with E-state index in [-0.39, 0.29) is 17.2 Å². The molecule has 0 atom stereocenters. The highest BCUT2D eigenvalue weighted by atomic mass is 32.2. The minimum absolute atomic E-state index is 0.0992. The van der Waals surface area contributed by atoms with Crippen molar-refractivity contribution in [3.63, 3.8) is 0 Å². The van der Waals surface area contributed by atoms with Crippen molar-refractivity contribution in [2.75, 3.05) is 0 Å². The van der Waals surface area contributed by atoms with E-state index in [9.17, 15) is 13.2 Å². The van der Waals surface area contributed by atoms with Gasteiger partial charge in [-0.25, -0.2) is 13.1 Å². The molecule has 0 saturated heterocycles. The summed E-state index contributed by atoms with van der Waals surface area (Å²) < 4.78 is 28.6. The van der Waals surface area contributed by atoms with Crippen molar-refractivity contribution in [2.45, 2.75) is 25.3 Å². The number of ketones is 1. The lowest BCUT2D eigenvalue weighted by Gasteiger charge is -2.07. The summed E-state index contributed by atoms with van der Waals surface area (Å²) in [7, 11) is -1.81. The Labute approximate surface area is 123 Å². The average molecular weight is 307 g/mol. The third kappa shape index (κ3) is 3.37. The second-order valence-corrected chi connectivity index (χ2v) is 6.55. The van der Waals surface area contributed by atoms with Crippen LogP contribution in [-0.2, 0) is 23.6 Å². The number of Topliss-reactive ketones (excluding diaryl/α,β-unsaturated/α-hetero) is 1. The molecule has 112 valence electrons. The van der Waals surface area contributed by atoms with E-state index in [1.165, 1.54) is 31.2 Å². The van der Waals surface area contributed by atoms with Gasteiger partial charge in [-0.15, -0.1) is 0 Å². The predicted molar refractivity (Wildman–Crippen MR) is 78.4 cm³/mol. The van der Waals surface area contributed by atoms with E-state index in [1.54, 1.807) is 17.9 Å². The molecule has 0 amide bonds. The number of carbonyl (C=O) groups is 1. The maximum absolute atomic E-state index is 12.2. The van der Waals surface area contributed by atoms with Crippen molar-refractivity contribution in [3.8, 4) is 0 Å². The van der Waals surface area contributed by atoms with Gasteiger partial charge in [-0.3, -0.25) is 9.48 Å². The van der Waals surface area contributed by atoms with Crippen molar-refractivity contribution in [1.29, 1.82) is 0 Å². The first-order valence-corrected chi connectivity index (χ1v) is 7.88. The number of nitrogens with one attached hydrogen (secondary N) is 1. The van der Waals surface area contributed by atoms with Gasteiger partial charge in [-0.2, -0.15) is 5.10 Å². The zero-order valence-corrected chi connectivity index (χ0v) is 12.9. The number of aryl methyl sites for hydroxylation is 1. The van der Waals surface area contributed by atoms with E-state index in [0.717, 1.165) is 11.3 Å². The molecule has 1 N–H and O–H groups in total. The van der Waals surface area contributed by atoms with Crippen LogP contribution in [0, 0.1) is 6.92 Å². The first-order valence-electron chi connectivity index (χ1n) is 6.39. The van der Waals surface area contributed by atoms with Crippen LogP contribution < -0.4 is 4.72 Å². The molecule has 7 heteroatoms. The monoisotopic (exact) mass is 307 g/mol. The van der Waals surface area contributed by atoms with Gasteiger partial charge in [0.15, 0.2) is 5.78 Å². The zero-order valence-electron chi connectivity index (χ0n) is 12.1. The Hall–Kier alpha value is -1.99. The summed E-state index contributed by atoms with van der Waals surface area (Å²) >= 11 is 0. The molecule has 0 saturated carbocycles. The van der Waals surface area contributed by atoms with Crippen LogP contribution in [0.5, 0.6) is 0 Å². The van der Waals surface area contributed by atoms with Gasteiger partial charge in [0.2, 0.25) is 10.0 Å². The normalized spacial score (nSPS) is 11.6. The van der Waals surface area contributed by atoms with Crippen LogP contribution in [0.1, 0.15) is 28.5 Å². The lowest BCUT2D eigenvalue weighted by molar-refractivity contribution is 0.101. The fraction of sp³-hybridized carbons (Fsp3) is 0.286. The van der Waals surface area contributed by atoms with Crippen LogP contribution in [0.15, 0.2) is 35.4 Å². The summed E-state index contributed by atoms with van der Waals surface area (Å²) in [5, 5.41) is 4.06. The molecule has 1 aromatic heterocycles. The van der Waals surface area contributed by atoms with Crippen LogP contribution >= 0.6 is 0 Å². The van der Waals surface area contributed by atoms with Gasteiger partial charge >= 0.3 is 0 Å². The number of rotatable bonds is 5. The molecular formula is C14H17N3O3S. The second kappa shape index (κ2) is 5.79. The van der Waals surface area contributed by atoms with Crippen molar-refractivity contribution < 1.29 is 13.2 Å². The summed E-state index contributed by atoms with van der Waals surface area (Å²) in [5.74, 6) is -0.0992. The molecule has 1 heterocycles. The summed E-state index contributed by atoms with van der Waals surface area (Å²) in [6, 6.07) is 5.86. The Morgan fingerprint density at radius 1 is 1.29 bits per heavy atom. The molecule has 0 aliphatic carbocycles. The molecule has 0 spiro atoms. The summed E-state index contributed by atoms with van der Waals surface area (Å²) in [5.41, 5.74) is 2.21. The first kappa shape index (κ1) is 15.4. The fourth-order valence-corrected chi connectivity index (χ4v) is 2.85. The second-order valence-electron chi connectivity index (χ2n) is 4.78. The fourth-order valence-electron chi connectivity index (χ4n) is 1.84. The molecule has 21 heavy (non-hydrogen) atoms. The molecule has 0 bridgehead atoms. The Kier molecular flexibility index (Phi) is 4.24. The molecule has 0 fully saturated rings. The Balaban J connectivity index is 2.15. The van der Waals surface area contributed by atoms with Crippen molar-refractivity contribution >= 4 is 15.8 Å². The minimum atomic E-state index is -3.61. The third-order valence-corrected chi connectivity index (χ3v) is 4.78. The average Bonchev–Trinajstić information content (AvgIpc) is 2.77. The quantitative estimate of drug-likeness (QED) is 0.847. The Bertz CT molecular complexity index is 761. The topological polar surface area (TPSA) is 81.1 Å². The van der Waals surface area contributed by atoms with Crippen LogP contribution in [0.4, 0.5) is 0 Å². The lowest BCUT2D eigenvalue weighted by atomic mass is 10.2. The van der Waals surface area contributed by atoms with Gasteiger partial charge in [0.25, 0.3) is 0 Å². The SMILES string of the molecule is CC(=O)c1ccc(S(=O)(=O)NCc2cnn(C)c2C)cc1. The number of sulfonamides is 1. The molecule has 0 radical (unpaired) electrons. The van der Waals surface area contributed by atoms with E-state index in [4.69, 9.17) is 0 Å². The van der Waals surface area contributed by atoms with Crippen molar-refractivity contribution in [2.24, 2.45) is 7.05 Å².